The Morgan fingerprint density at radius 2 is 1.82 bits per heavy atom. The van der Waals surface area contributed by atoms with E-state index in [0.29, 0.717) is 35.1 Å². The van der Waals surface area contributed by atoms with Crippen molar-refractivity contribution in [2.24, 2.45) is 0 Å². The molecule has 0 spiro atoms. The molecular weight excluding hydrogens is 514 g/mol. The van der Waals surface area contributed by atoms with Crippen molar-refractivity contribution in [3.8, 4) is 11.5 Å². The Morgan fingerprint density at radius 1 is 1.03 bits per heavy atom. The summed E-state index contributed by atoms with van der Waals surface area (Å²) in [6.07, 6.45) is 6.94. The maximum atomic E-state index is 12.5. The monoisotopic (exact) mass is 539 g/mol. The third kappa shape index (κ3) is 6.80. The van der Waals surface area contributed by atoms with Crippen LogP contribution in [0.15, 0.2) is 91.3 Å². The number of halogens is 1. The lowest BCUT2D eigenvalue weighted by molar-refractivity contribution is 0.104. The average molecular weight is 540 g/mol. The Morgan fingerprint density at radius 3 is 2.62 bits per heavy atom. The first kappa shape index (κ1) is 25.9. The van der Waals surface area contributed by atoms with E-state index < -0.39 is 0 Å². The number of hydrogen-bond acceptors (Lipinski definition) is 7. The van der Waals surface area contributed by atoms with Crippen molar-refractivity contribution in [3.63, 3.8) is 0 Å². The van der Waals surface area contributed by atoms with Gasteiger partial charge in [-0.3, -0.25) is 14.5 Å². The smallest absolute Gasteiger partial charge is 0.185 e. The third-order valence-corrected chi connectivity index (χ3v) is 6.25. The fraction of sp³-hybridized carbons (Fsp3) is 0.133. The quantitative estimate of drug-likeness (QED) is 0.161. The first-order valence-electron chi connectivity index (χ1n) is 12.3. The second-order valence-corrected chi connectivity index (χ2v) is 9.14. The van der Waals surface area contributed by atoms with Gasteiger partial charge in [0.05, 0.1) is 25.4 Å². The minimum Gasteiger partial charge on any atom is -0.497 e. The highest BCUT2D eigenvalue weighted by Crippen LogP contribution is 2.24. The van der Waals surface area contributed by atoms with E-state index in [0.717, 1.165) is 27.9 Å². The zero-order chi connectivity index (χ0) is 27.0. The van der Waals surface area contributed by atoms with Crippen LogP contribution in [0.5, 0.6) is 11.5 Å². The summed E-state index contributed by atoms with van der Waals surface area (Å²) >= 11 is 6.07. The number of anilines is 1. The van der Waals surface area contributed by atoms with Gasteiger partial charge in [-0.2, -0.15) is 0 Å². The maximum Gasteiger partial charge on any atom is 0.185 e. The molecular formula is C30H26ClN5O3. The molecule has 0 saturated heterocycles. The summed E-state index contributed by atoms with van der Waals surface area (Å²) in [5.74, 6) is 1.33. The van der Waals surface area contributed by atoms with Crippen LogP contribution in [0.4, 0.5) is 5.69 Å². The molecule has 1 N–H and O–H groups in total. The summed E-state index contributed by atoms with van der Waals surface area (Å²) in [5, 5.41) is 13.5. The van der Waals surface area contributed by atoms with Crippen molar-refractivity contribution < 1.29 is 14.3 Å². The van der Waals surface area contributed by atoms with Crippen molar-refractivity contribution in [2.45, 2.75) is 13.2 Å². The van der Waals surface area contributed by atoms with E-state index in [1.807, 2.05) is 54.7 Å². The molecule has 2 heterocycles. The van der Waals surface area contributed by atoms with Gasteiger partial charge in [0.1, 0.15) is 23.8 Å². The molecule has 0 fully saturated rings. The number of carbonyl (C=O) groups is 1. The number of benzene rings is 3. The van der Waals surface area contributed by atoms with Crippen molar-refractivity contribution in [1.29, 1.82) is 0 Å². The van der Waals surface area contributed by atoms with E-state index in [4.69, 9.17) is 21.1 Å². The van der Waals surface area contributed by atoms with Gasteiger partial charge in [-0.05, 0) is 72.3 Å². The van der Waals surface area contributed by atoms with Crippen LogP contribution < -0.4 is 14.8 Å². The number of carbonyl (C=O) groups excluding carboxylic acids is 1. The van der Waals surface area contributed by atoms with Crippen molar-refractivity contribution in [2.75, 3.05) is 19.0 Å². The van der Waals surface area contributed by atoms with Crippen LogP contribution in [0.1, 0.15) is 21.6 Å². The first-order chi connectivity index (χ1) is 19.1. The zero-order valence-corrected chi connectivity index (χ0v) is 22.0. The number of fused-ring (bicyclic) bond motifs is 1. The van der Waals surface area contributed by atoms with Gasteiger partial charge in [-0.25, -0.2) is 0 Å². The van der Waals surface area contributed by atoms with Gasteiger partial charge >= 0.3 is 0 Å². The molecule has 0 aliphatic heterocycles. The molecule has 9 heteroatoms. The number of nitrogens with one attached hydrogen (secondary N) is 1. The minimum absolute atomic E-state index is 0.0857. The van der Waals surface area contributed by atoms with Crippen molar-refractivity contribution in [1.82, 2.24) is 20.0 Å². The van der Waals surface area contributed by atoms with E-state index >= 15 is 0 Å². The lowest BCUT2D eigenvalue weighted by atomic mass is 10.1. The van der Waals surface area contributed by atoms with Gasteiger partial charge in [0.15, 0.2) is 5.78 Å². The van der Waals surface area contributed by atoms with Crippen molar-refractivity contribution >= 4 is 40.1 Å². The van der Waals surface area contributed by atoms with Crippen LogP contribution >= 0.6 is 11.6 Å². The molecule has 3 aromatic carbocycles. The van der Waals surface area contributed by atoms with E-state index in [-0.39, 0.29) is 12.4 Å². The largest absolute Gasteiger partial charge is 0.497 e. The molecule has 0 bridgehead atoms. The van der Waals surface area contributed by atoms with E-state index in [1.165, 1.54) is 0 Å². The number of rotatable bonds is 11. The van der Waals surface area contributed by atoms with Crippen LogP contribution in [-0.4, -0.2) is 39.4 Å². The predicted molar refractivity (Wildman–Crippen MR) is 152 cm³/mol. The van der Waals surface area contributed by atoms with E-state index in [9.17, 15) is 4.79 Å². The van der Waals surface area contributed by atoms with Gasteiger partial charge in [0, 0.05) is 34.4 Å². The Bertz CT molecular complexity index is 1600. The number of allylic oxidation sites excluding steroid dienone is 1. The predicted octanol–water partition coefficient (Wildman–Crippen LogP) is 6.08. The Hall–Kier alpha value is -4.69. The first-order valence-corrected chi connectivity index (χ1v) is 12.7. The molecule has 0 aliphatic rings. The summed E-state index contributed by atoms with van der Waals surface area (Å²) in [7, 11) is 1.62. The number of nitrogens with zero attached hydrogens (tertiary/aromatic N) is 4. The molecule has 0 atom stereocenters. The van der Waals surface area contributed by atoms with E-state index in [2.05, 4.69) is 20.6 Å². The normalized spacial score (nSPS) is 11.1. The van der Waals surface area contributed by atoms with Crippen LogP contribution in [0.3, 0.4) is 0 Å². The third-order valence-electron chi connectivity index (χ3n) is 6.02. The second kappa shape index (κ2) is 12.2. The number of pyridine rings is 1. The Balaban J connectivity index is 1.09. The highest BCUT2D eigenvalue weighted by atomic mass is 35.5. The van der Waals surface area contributed by atoms with Crippen LogP contribution in [-0.2, 0) is 13.2 Å². The average Bonchev–Trinajstić information content (AvgIpc) is 3.43. The number of ether oxygens (including phenoxy) is 2. The summed E-state index contributed by atoms with van der Waals surface area (Å²) in [4.78, 5) is 16.9. The molecule has 2 aromatic heterocycles. The summed E-state index contributed by atoms with van der Waals surface area (Å²) in [6, 6.07) is 22.1. The second-order valence-electron chi connectivity index (χ2n) is 8.70. The minimum atomic E-state index is -0.0857. The van der Waals surface area contributed by atoms with Crippen molar-refractivity contribution in [3.05, 3.63) is 113 Å². The number of aromatic nitrogens is 4. The van der Waals surface area contributed by atoms with E-state index in [1.54, 1.807) is 54.4 Å². The lowest BCUT2D eigenvalue weighted by Crippen LogP contribution is -2.11. The maximum absolute atomic E-state index is 12.5. The lowest BCUT2D eigenvalue weighted by Gasteiger charge is -2.09. The molecule has 5 aromatic rings. The molecule has 0 aliphatic carbocycles. The van der Waals surface area contributed by atoms with Gasteiger partial charge in [0.25, 0.3) is 0 Å². The fourth-order valence-electron chi connectivity index (χ4n) is 3.95. The fourth-order valence-corrected chi connectivity index (χ4v) is 4.12. The molecule has 0 amide bonds. The molecule has 8 nitrogen and oxygen atoms in total. The topological polar surface area (TPSA) is 91.2 Å². The summed E-state index contributed by atoms with van der Waals surface area (Å²) < 4.78 is 12.8. The number of ketones is 1. The molecule has 5 rings (SSSR count). The standard InChI is InChI=1S/C30H26ClN5O3/c1-38-25-8-2-21(3-9-25)4-13-30(37)22-5-10-26(11-6-22)39-20-24-19-36(35-34-24)17-16-33-28-14-15-32-29-18-23(31)7-12-27(28)29/h2-15,18-19H,16-17,20H2,1H3,(H,32,33)/b13-4+. The molecule has 0 saturated carbocycles. The Kier molecular flexibility index (Phi) is 8.14. The molecule has 39 heavy (non-hydrogen) atoms. The number of hydrogen-bond donors (Lipinski definition) is 1. The molecule has 0 radical (unpaired) electrons. The summed E-state index contributed by atoms with van der Waals surface area (Å²) in [5.41, 5.74) is 4.04. The van der Waals surface area contributed by atoms with Gasteiger partial charge < -0.3 is 14.8 Å². The zero-order valence-electron chi connectivity index (χ0n) is 21.3. The SMILES string of the molecule is COc1ccc(/C=C/C(=O)c2ccc(OCc3cn(CCNc4ccnc5cc(Cl)ccc45)nn3)cc2)cc1. The molecule has 196 valence electrons. The van der Waals surface area contributed by atoms with Crippen LogP contribution in [0.25, 0.3) is 17.0 Å². The highest BCUT2D eigenvalue weighted by Gasteiger charge is 2.06. The van der Waals surface area contributed by atoms with Crippen LogP contribution in [0, 0.1) is 0 Å². The highest BCUT2D eigenvalue weighted by molar-refractivity contribution is 6.31. The number of methoxy groups -OCH3 is 1. The van der Waals surface area contributed by atoms with Gasteiger partial charge in [-0.1, -0.05) is 35.0 Å². The van der Waals surface area contributed by atoms with Crippen LogP contribution in [0.2, 0.25) is 5.02 Å². The van der Waals surface area contributed by atoms with Gasteiger partial charge in [-0.15, -0.1) is 5.10 Å². The Labute approximate surface area is 230 Å². The van der Waals surface area contributed by atoms with Gasteiger partial charge in [0.2, 0.25) is 0 Å². The molecule has 0 unspecified atom stereocenters. The summed E-state index contributed by atoms with van der Waals surface area (Å²) in [6.45, 7) is 1.56.